The summed E-state index contributed by atoms with van der Waals surface area (Å²) >= 11 is 5.26. The molecule has 1 heterocycles. The van der Waals surface area contributed by atoms with Gasteiger partial charge in [-0.05, 0) is 29.8 Å². The first kappa shape index (κ1) is 21.9. The van der Waals surface area contributed by atoms with Gasteiger partial charge in [-0.15, -0.1) is 0 Å². The fourth-order valence-corrected chi connectivity index (χ4v) is 2.28. The molecular formula is C15H6ClF9N2O. The number of hydrogen-bond acceptors (Lipinski definition) is 3. The molecule has 0 N–H and O–H groups in total. The van der Waals surface area contributed by atoms with Crippen molar-refractivity contribution in [3.63, 3.8) is 0 Å². The minimum Gasteiger partial charge on any atom is -0.294 e. The molecule has 2 aromatic rings. The summed E-state index contributed by atoms with van der Waals surface area (Å²) in [4.78, 5) is 18.3. The van der Waals surface area contributed by atoms with Crippen molar-refractivity contribution in [1.29, 1.82) is 0 Å². The van der Waals surface area contributed by atoms with Crippen molar-refractivity contribution in [1.82, 2.24) is 9.97 Å². The van der Waals surface area contributed by atoms with Gasteiger partial charge in [0, 0.05) is 23.7 Å². The van der Waals surface area contributed by atoms with Crippen molar-refractivity contribution in [2.45, 2.75) is 24.9 Å². The summed E-state index contributed by atoms with van der Waals surface area (Å²) in [7, 11) is 0. The highest BCUT2D eigenvalue weighted by atomic mass is 35.5. The van der Waals surface area contributed by atoms with Crippen molar-refractivity contribution in [2.24, 2.45) is 0 Å². The summed E-state index contributed by atoms with van der Waals surface area (Å²) in [6.07, 6.45) is -16.2. The Kier molecular flexibility index (Phi) is 5.66. The van der Waals surface area contributed by atoms with Gasteiger partial charge in [-0.2, -0.15) is 39.5 Å². The lowest BCUT2D eigenvalue weighted by Crippen LogP contribution is -2.17. The van der Waals surface area contributed by atoms with Crippen molar-refractivity contribution >= 4 is 17.4 Å². The number of hydrogen-bond donors (Lipinski definition) is 0. The SMILES string of the molecule is O=C(Cc1cnc(Cl)nc1C(F)(F)F)c1cc(C(F)(F)F)cc(C(F)(F)F)c1. The maximum atomic E-state index is 13.0. The third-order valence-corrected chi connectivity index (χ3v) is 3.55. The standard InChI is InChI=1S/C15H6ClF9N2O/c16-12-26-5-7(11(27-12)15(23,24)25)3-10(28)6-1-8(13(17,18)19)4-9(2-6)14(20,21)22/h1-2,4-5H,3H2. The van der Waals surface area contributed by atoms with E-state index in [4.69, 9.17) is 11.6 Å². The number of aromatic nitrogens is 2. The average molecular weight is 437 g/mol. The van der Waals surface area contributed by atoms with Crippen LogP contribution < -0.4 is 0 Å². The van der Waals surface area contributed by atoms with Crippen LogP contribution in [0.3, 0.4) is 0 Å². The summed E-state index contributed by atoms with van der Waals surface area (Å²) in [5.41, 5.74) is -7.08. The molecule has 0 bridgehead atoms. The Balaban J connectivity index is 2.51. The molecule has 0 spiro atoms. The van der Waals surface area contributed by atoms with Gasteiger partial charge in [0.05, 0.1) is 11.1 Å². The van der Waals surface area contributed by atoms with E-state index in [0.29, 0.717) is 6.20 Å². The fraction of sp³-hybridized carbons (Fsp3) is 0.267. The zero-order valence-electron chi connectivity index (χ0n) is 13.1. The van der Waals surface area contributed by atoms with E-state index in [1.807, 2.05) is 0 Å². The molecule has 0 atom stereocenters. The van der Waals surface area contributed by atoms with E-state index in [1.54, 1.807) is 0 Å². The number of halogens is 10. The molecule has 1 aromatic heterocycles. The van der Waals surface area contributed by atoms with Crippen LogP contribution in [0.1, 0.15) is 32.7 Å². The highest BCUT2D eigenvalue weighted by Crippen LogP contribution is 2.37. The van der Waals surface area contributed by atoms with Crippen LogP contribution in [-0.2, 0) is 24.9 Å². The van der Waals surface area contributed by atoms with Crippen LogP contribution in [0.5, 0.6) is 0 Å². The molecule has 0 radical (unpaired) electrons. The molecule has 152 valence electrons. The third kappa shape index (κ3) is 5.12. The number of benzene rings is 1. The van der Waals surface area contributed by atoms with E-state index >= 15 is 0 Å². The molecule has 0 saturated heterocycles. The number of carbonyl (C=O) groups excluding carboxylic acids is 1. The molecule has 0 saturated carbocycles. The van der Waals surface area contributed by atoms with Gasteiger partial charge >= 0.3 is 18.5 Å². The molecular weight excluding hydrogens is 431 g/mol. The van der Waals surface area contributed by atoms with Crippen molar-refractivity contribution in [3.8, 4) is 0 Å². The Morgan fingerprint density at radius 1 is 0.857 bits per heavy atom. The lowest BCUT2D eigenvalue weighted by atomic mass is 9.98. The topological polar surface area (TPSA) is 42.9 Å². The van der Waals surface area contributed by atoms with E-state index in [2.05, 4.69) is 9.97 Å². The summed E-state index contributed by atoms with van der Waals surface area (Å²) in [6, 6.07) is 0.0482. The van der Waals surface area contributed by atoms with Gasteiger partial charge in [-0.25, -0.2) is 9.97 Å². The number of carbonyl (C=O) groups is 1. The average Bonchev–Trinajstić information content (AvgIpc) is 2.53. The third-order valence-electron chi connectivity index (χ3n) is 3.36. The number of ketones is 1. The van der Waals surface area contributed by atoms with E-state index < -0.39 is 64.0 Å². The second-order valence-corrected chi connectivity index (χ2v) is 5.74. The predicted octanol–water partition coefficient (Wildman–Crippen LogP) is 5.61. The van der Waals surface area contributed by atoms with Crippen LogP contribution in [0, 0.1) is 0 Å². The zero-order valence-corrected chi connectivity index (χ0v) is 13.9. The smallest absolute Gasteiger partial charge is 0.294 e. The molecule has 28 heavy (non-hydrogen) atoms. The van der Waals surface area contributed by atoms with Crippen molar-refractivity contribution in [3.05, 3.63) is 57.6 Å². The van der Waals surface area contributed by atoms with Crippen molar-refractivity contribution < 1.29 is 44.3 Å². The van der Waals surface area contributed by atoms with Gasteiger partial charge in [-0.1, -0.05) is 0 Å². The van der Waals surface area contributed by atoms with Crippen LogP contribution >= 0.6 is 11.6 Å². The first-order valence-corrected chi connectivity index (χ1v) is 7.38. The second kappa shape index (κ2) is 7.22. The van der Waals surface area contributed by atoms with E-state index in [-0.39, 0.29) is 18.2 Å². The molecule has 0 unspecified atom stereocenters. The fourth-order valence-electron chi connectivity index (χ4n) is 2.15. The lowest BCUT2D eigenvalue weighted by molar-refractivity contribution is -0.143. The number of nitrogens with zero attached hydrogens (tertiary/aromatic N) is 2. The molecule has 13 heteroatoms. The van der Waals surface area contributed by atoms with Crippen LogP contribution in [0.15, 0.2) is 24.4 Å². The molecule has 3 nitrogen and oxygen atoms in total. The van der Waals surface area contributed by atoms with Crippen LogP contribution in [0.25, 0.3) is 0 Å². The molecule has 0 amide bonds. The molecule has 0 aliphatic carbocycles. The van der Waals surface area contributed by atoms with E-state index in [9.17, 15) is 44.3 Å². The molecule has 0 aliphatic heterocycles. The summed E-state index contributed by atoms with van der Waals surface area (Å²) in [5.74, 6) is -1.42. The van der Waals surface area contributed by atoms with E-state index in [1.165, 1.54) is 0 Å². The first-order chi connectivity index (χ1) is 12.6. The van der Waals surface area contributed by atoms with Crippen LogP contribution in [-0.4, -0.2) is 15.8 Å². The van der Waals surface area contributed by atoms with Gasteiger partial charge < -0.3 is 0 Å². The molecule has 0 aliphatic rings. The van der Waals surface area contributed by atoms with Gasteiger partial charge in [0.25, 0.3) is 0 Å². The number of rotatable bonds is 3. The van der Waals surface area contributed by atoms with Gasteiger partial charge in [0.2, 0.25) is 5.28 Å². The second-order valence-electron chi connectivity index (χ2n) is 5.41. The minimum absolute atomic E-state index is 0.127. The molecule has 2 rings (SSSR count). The van der Waals surface area contributed by atoms with Crippen LogP contribution in [0.2, 0.25) is 5.28 Å². The highest BCUT2D eigenvalue weighted by molar-refractivity contribution is 6.28. The summed E-state index contributed by atoms with van der Waals surface area (Å²) in [6.45, 7) is 0. The number of alkyl halides is 9. The normalized spacial score (nSPS) is 12.9. The lowest BCUT2D eigenvalue weighted by Gasteiger charge is -2.14. The largest absolute Gasteiger partial charge is 0.433 e. The number of Topliss-reactive ketones (excluding diaryl/α,β-unsaturated/α-hetero) is 1. The Bertz CT molecular complexity index is 872. The Morgan fingerprint density at radius 2 is 1.36 bits per heavy atom. The maximum Gasteiger partial charge on any atom is 0.433 e. The first-order valence-electron chi connectivity index (χ1n) is 7.00. The van der Waals surface area contributed by atoms with Crippen LogP contribution in [0.4, 0.5) is 39.5 Å². The quantitative estimate of drug-likeness (QED) is 0.357. The highest BCUT2D eigenvalue weighted by Gasteiger charge is 2.39. The summed E-state index contributed by atoms with van der Waals surface area (Å²) in [5, 5.41) is -0.804. The van der Waals surface area contributed by atoms with Crippen molar-refractivity contribution in [2.75, 3.05) is 0 Å². The Labute approximate surface area is 155 Å². The van der Waals surface area contributed by atoms with Gasteiger partial charge in [-0.3, -0.25) is 4.79 Å². The minimum atomic E-state index is -5.21. The Morgan fingerprint density at radius 3 is 1.79 bits per heavy atom. The van der Waals surface area contributed by atoms with Gasteiger partial charge in [0.15, 0.2) is 11.5 Å². The Hall–Kier alpha value is -2.37. The monoisotopic (exact) mass is 436 g/mol. The molecule has 1 aromatic carbocycles. The molecule has 0 fully saturated rings. The summed E-state index contributed by atoms with van der Waals surface area (Å²) < 4.78 is 116. The zero-order chi connectivity index (χ0) is 21.5. The van der Waals surface area contributed by atoms with E-state index in [0.717, 1.165) is 0 Å². The predicted molar refractivity (Wildman–Crippen MR) is 76.5 cm³/mol. The maximum absolute atomic E-state index is 13.0. The van der Waals surface area contributed by atoms with Gasteiger partial charge in [0.1, 0.15) is 0 Å².